The molecule has 0 saturated heterocycles. The van der Waals surface area contributed by atoms with Crippen molar-refractivity contribution in [1.29, 1.82) is 0 Å². The molecule has 0 aliphatic rings. The summed E-state index contributed by atoms with van der Waals surface area (Å²) in [6.07, 6.45) is 4.62. The zero-order valence-electron chi connectivity index (χ0n) is 7.45. The van der Waals surface area contributed by atoms with E-state index in [9.17, 15) is 0 Å². The third-order valence-electron chi connectivity index (χ3n) is 1.82. The van der Waals surface area contributed by atoms with E-state index < -0.39 is 0 Å². The minimum absolute atomic E-state index is 0.979. The van der Waals surface area contributed by atoms with E-state index in [1.54, 1.807) is 11.3 Å². The Hall–Kier alpha value is -1.00. The van der Waals surface area contributed by atoms with Gasteiger partial charge in [0.25, 0.3) is 0 Å². The normalized spacial score (nSPS) is 10.8. The summed E-state index contributed by atoms with van der Waals surface area (Å²) in [4.78, 5) is 8.50. The molecule has 13 heavy (non-hydrogen) atoms. The predicted molar refractivity (Wildman–Crippen MR) is 55.0 cm³/mol. The van der Waals surface area contributed by atoms with Crippen LogP contribution in [0.1, 0.15) is 5.01 Å². The molecule has 0 atom stereocenters. The average molecular weight is 193 g/mol. The molecule has 0 aromatic carbocycles. The molecule has 0 amide bonds. The van der Waals surface area contributed by atoms with Crippen molar-refractivity contribution in [2.24, 2.45) is 0 Å². The molecule has 0 saturated carbocycles. The summed E-state index contributed by atoms with van der Waals surface area (Å²) in [5, 5.41) is 4.29. The molecule has 0 spiro atoms. The largest absolute Gasteiger partial charge is 0.319 e. The van der Waals surface area contributed by atoms with Crippen molar-refractivity contribution < 1.29 is 0 Å². The van der Waals surface area contributed by atoms with Crippen LogP contribution < -0.4 is 5.32 Å². The molecule has 1 N–H and O–H groups in total. The Labute approximate surface area is 80.8 Å². The smallest absolute Gasteiger partial charge is 0.0998 e. The summed E-state index contributed by atoms with van der Waals surface area (Å²) in [5.41, 5.74) is 1.01. The van der Waals surface area contributed by atoms with E-state index in [0.29, 0.717) is 0 Å². The van der Waals surface area contributed by atoms with E-state index in [2.05, 4.69) is 15.3 Å². The number of aromatic nitrogens is 2. The van der Waals surface area contributed by atoms with Crippen molar-refractivity contribution in [2.75, 3.05) is 13.6 Å². The molecular formula is C9H11N3S. The van der Waals surface area contributed by atoms with E-state index in [1.165, 1.54) is 9.71 Å². The molecule has 2 aromatic heterocycles. The molecular weight excluding hydrogens is 182 g/mol. The maximum atomic E-state index is 4.47. The lowest BCUT2D eigenvalue weighted by molar-refractivity contribution is 0.789. The summed E-state index contributed by atoms with van der Waals surface area (Å²) in [6, 6.07) is 2.01. The highest BCUT2D eigenvalue weighted by Gasteiger charge is 2.01. The van der Waals surface area contributed by atoms with Gasteiger partial charge in [0.05, 0.1) is 21.4 Å². The van der Waals surface area contributed by atoms with Crippen molar-refractivity contribution in [3.63, 3.8) is 0 Å². The van der Waals surface area contributed by atoms with Crippen LogP contribution in [0.5, 0.6) is 0 Å². The third kappa shape index (κ3) is 1.84. The van der Waals surface area contributed by atoms with Crippen LogP contribution in [-0.4, -0.2) is 23.6 Å². The van der Waals surface area contributed by atoms with E-state index in [-0.39, 0.29) is 0 Å². The molecule has 2 heterocycles. The molecule has 2 aromatic rings. The molecule has 0 radical (unpaired) electrons. The van der Waals surface area contributed by atoms with Gasteiger partial charge in [0.2, 0.25) is 0 Å². The Morgan fingerprint density at radius 2 is 2.46 bits per heavy atom. The lowest BCUT2D eigenvalue weighted by Crippen LogP contribution is -2.09. The molecule has 0 aliphatic heterocycles. The van der Waals surface area contributed by atoms with Gasteiger partial charge in [0.1, 0.15) is 0 Å². The zero-order chi connectivity index (χ0) is 9.10. The van der Waals surface area contributed by atoms with Crippen molar-refractivity contribution in [3.05, 3.63) is 23.5 Å². The maximum Gasteiger partial charge on any atom is 0.0998 e. The second-order valence-electron chi connectivity index (χ2n) is 2.80. The van der Waals surface area contributed by atoms with Crippen LogP contribution in [-0.2, 0) is 6.42 Å². The Bertz CT molecular complexity index is 363. The Morgan fingerprint density at radius 1 is 1.54 bits per heavy atom. The minimum atomic E-state index is 0.979. The average Bonchev–Trinajstić information content (AvgIpc) is 2.57. The second-order valence-corrected chi connectivity index (χ2v) is 3.92. The minimum Gasteiger partial charge on any atom is -0.319 e. The number of rotatable bonds is 3. The van der Waals surface area contributed by atoms with E-state index >= 15 is 0 Å². The summed E-state index contributed by atoms with van der Waals surface area (Å²) < 4.78 is 1.22. The number of pyridine rings is 1. The molecule has 3 nitrogen and oxygen atoms in total. The number of hydrogen-bond acceptors (Lipinski definition) is 4. The monoisotopic (exact) mass is 193 g/mol. The fourth-order valence-corrected chi connectivity index (χ4v) is 2.10. The summed E-state index contributed by atoms with van der Waals surface area (Å²) in [5.74, 6) is 0. The van der Waals surface area contributed by atoms with Crippen molar-refractivity contribution in [2.45, 2.75) is 6.42 Å². The van der Waals surface area contributed by atoms with Crippen LogP contribution in [0.25, 0.3) is 10.2 Å². The fourth-order valence-electron chi connectivity index (χ4n) is 1.17. The fraction of sp³-hybridized carbons (Fsp3) is 0.333. The molecule has 0 aliphatic carbocycles. The SMILES string of the molecule is CNCCc1nc2cnccc2s1. The summed E-state index contributed by atoms with van der Waals surface area (Å²) >= 11 is 1.75. The first-order valence-electron chi connectivity index (χ1n) is 4.24. The quantitative estimate of drug-likeness (QED) is 0.801. The first-order chi connectivity index (χ1) is 6.40. The molecule has 2 rings (SSSR count). The first-order valence-corrected chi connectivity index (χ1v) is 5.06. The topological polar surface area (TPSA) is 37.8 Å². The number of likely N-dealkylation sites (N-methyl/N-ethyl adjacent to an activating group) is 1. The van der Waals surface area contributed by atoms with Crippen molar-refractivity contribution >= 4 is 21.6 Å². The Balaban J connectivity index is 2.28. The second kappa shape index (κ2) is 3.81. The number of hydrogen-bond donors (Lipinski definition) is 1. The van der Waals surface area contributed by atoms with Crippen molar-refractivity contribution in [3.8, 4) is 0 Å². The summed E-state index contributed by atoms with van der Waals surface area (Å²) in [7, 11) is 1.95. The van der Waals surface area contributed by atoms with Gasteiger partial charge < -0.3 is 5.32 Å². The molecule has 68 valence electrons. The first kappa shape index (κ1) is 8.59. The molecule has 4 heteroatoms. The highest BCUT2D eigenvalue weighted by atomic mass is 32.1. The Morgan fingerprint density at radius 3 is 3.23 bits per heavy atom. The van der Waals surface area contributed by atoms with Crippen LogP contribution >= 0.6 is 11.3 Å². The van der Waals surface area contributed by atoms with Crippen LogP contribution in [0.3, 0.4) is 0 Å². The van der Waals surface area contributed by atoms with Crippen LogP contribution in [0, 0.1) is 0 Å². The van der Waals surface area contributed by atoms with Crippen LogP contribution in [0.4, 0.5) is 0 Å². The molecule has 0 fully saturated rings. The van der Waals surface area contributed by atoms with E-state index in [1.807, 2.05) is 25.5 Å². The van der Waals surface area contributed by atoms with Crippen LogP contribution in [0.2, 0.25) is 0 Å². The predicted octanol–water partition coefficient (Wildman–Crippen LogP) is 1.45. The van der Waals surface area contributed by atoms with Gasteiger partial charge in [-0.1, -0.05) is 0 Å². The highest BCUT2D eigenvalue weighted by molar-refractivity contribution is 7.18. The van der Waals surface area contributed by atoms with E-state index in [4.69, 9.17) is 0 Å². The Kier molecular flexibility index (Phi) is 2.52. The number of nitrogens with zero attached hydrogens (tertiary/aromatic N) is 2. The van der Waals surface area contributed by atoms with Gasteiger partial charge in [0.15, 0.2) is 0 Å². The van der Waals surface area contributed by atoms with Crippen molar-refractivity contribution in [1.82, 2.24) is 15.3 Å². The van der Waals surface area contributed by atoms with Gasteiger partial charge in [-0.25, -0.2) is 4.98 Å². The zero-order valence-corrected chi connectivity index (χ0v) is 8.27. The van der Waals surface area contributed by atoms with Gasteiger partial charge in [-0.3, -0.25) is 4.98 Å². The number of thiazole rings is 1. The van der Waals surface area contributed by atoms with E-state index in [0.717, 1.165) is 18.5 Å². The number of nitrogens with one attached hydrogen (secondary N) is 1. The molecule has 0 unspecified atom stereocenters. The van der Waals surface area contributed by atoms with Gasteiger partial charge in [0, 0.05) is 19.2 Å². The third-order valence-corrected chi connectivity index (χ3v) is 2.92. The van der Waals surface area contributed by atoms with Crippen LogP contribution in [0.15, 0.2) is 18.5 Å². The van der Waals surface area contributed by atoms with Gasteiger partial charge in [-0.15, -0.1) is 11.3 Å². The number of fused-ring (bicyclic) bond motifs is 1. The van der Waals surface area contributed by atoms with Gasteiger partial charge >= 0.3 is 0 Å². The van der Waals surface area contributed by atoms with Gasteiger partial charge in [-0.2, -0.15) is 0 Å². The maximum absolute atomic E-state index is 4.47. The lowest BCUT2D eigenvalue weighted by Gasteiger charge is -1.92. The standard InChI is InChI=1S/C9H11N3S/c1-10-4-3-9-12-7-6-11-5-2-8(7)13-9/h2,5-6,10H,3-4H2,1H3. The van der Waals surface area contributed by atoms with Gasteiger partial charge in [-0.05, 0) is 13.1 Å². The highest BCUT2D eigenvalue weighted by Crippen LogP contribution is 2.20. The lowest BCUT2D eigenvalue weighted by atomic mass is 10.4. The molecule has 0 bridgehead atoms. The summed E-state index contributed by atoms with van der Waals surface area (Å²) in [6.45, 7) is 0.979.